The average Bonchev–Trinajstić information content (AvgIpc) is 3.70. The number of carbonyl (C=O) groups excluding carboxylic acids is 7. The topological polar surface area (TPSA) is 254 Å². The van der Waals surface area contributed by atoms with Crippen molar-refractivity contribution in [2.75, 3.05) is 26.2 Å². The van der Waals surface area contributed by atoms with E-state index >= 15 is 0 Å². The van der Waals surface area contributed by atoms with Gasteiger partial charge in [-0.15, -0.1) is 11.3 Å². The number of benzene rings is 1. The minimum atomic E-state index is -1.35. The molecule has 0 aliphatic carbocycles. The van der Waals surface area contributed by atoms with Crippen molar-refractivity contribution >= 4 is 52.7 Å². The van der Waals surface area contributed by atoms with Crippen LogP contribution in [0, 0.1) is 12.3 Å². The Kier molecular flexibility index (Phi) is 12.5. The largest absolute Gasteiger partial charge is 0.391 e. The van der Waals surface area contributed by atoms with E-state index in [9.17, 15) is 38.7 Å². The number of nitrogens with one attached hydrogen (secondary N) is 6. The number of rotatable bonds is 3. The molecule has 276 valence electrons. The van der Waals surface area contributed by atoms with Gasteiger partial charge in [0.15, 0.2) is 0 Å². The lowest BCUT2D eigenvalue weighted by Crippen LogP contribution is -2.59. The van der Waals surface area contributed by atoms with Crippen molar-refractivity contribution < 1.29 is 38.7 Å². The summed E-state index contributed by atoms with van der Waals surface area (Å²) in [5, 5.41) is 25.7. The smallest absolute Gasteiger partial charge is 0.247 e. The van der Waals surface area contributed by atoms with Crippen molar-refractivity contribution in [1.82, 2.24) is 41.8 Å². The lowest BCUT2D eigenvalue weighted by atomic mass is 9.85. The maximum absolute atomic E-state index is 14.0. The second kappa shape index (κ2) is 16.4. The van der Waals surface area contributed by atoms with E-state index in [0.29, 0.717) is 5.56 Å². The van der Waals surface area contributed by atoms with Gasteiger partial charge in [0.1, 0.15) is 30.2 Å². The molecule has 1 aromatic carbocycles. The monoisotopic (exact) mass is 727 g/mol. The molecule has 2 aromatic rings. The van der Waals surface area contributed by atoms with E-state index in [0.717, 1.165) is 16.1 Å². The van der Waals surface area contributed by atoms with Gasteiger partial charge in [0.25, 0.3) is 0 Å². The molecule has 3 heterocycles. The molecule has 2 aliphatic rings. The highest BCUT2D eigenvalue weighted by atomic mass is 32.1. The fraction of sp³-hybridized carbons (Fsp3) is 0.515. The predicted octanol–water partition coefficient (Wildman–Crippen LogP) is -2.04. The molecule has 0 unspecified atom stereocenters. The first-order valence-electron chi connectivity index (χ1n) is 16.4. The van der Waals surface area contributed by atoms with Crippen LogP contribution < -0.4 is 37.6 Å². The van der Waals surface area contributed by atoms with Gasteiger partial charge in [-0.2, -0.15) is 0 Å². The van der Waals surface area contributed by atoms with Crippen LogP contribution in [0.5, 0.6) is 0 Å². The van der Waals surface area contributed by atoms with Gasteiger partial charge in [0.05, 0.1) is 35.3 Å². The first-order valence-corrected chi connectivity index (χ1v) is 17.3. The molecule has 0 bridgehead atoms. The first-order chi connectivity index (χ1) is 24.0. The van der Waals surface area contributed by atoms with E-state index in [1.165, 1.54) is 23.2 Å². The maximum atomic E-state index is 14.0. The van der Waals surface area contributed by atoms with Gasteiger partial charge in [0, 0.05) is 19.5 Å². The molecule has 17 nitrogen and oxygen atoms in total. The van der Waals surface area contributed by atoms with Crippen molar-refractivity contribution in [3.05, 3.63) is 41.0 Å². The SMILES string of the molecule is Cc1ncsc1-c1ccc([C@H]2NC(=O)[C@@H]3C[C@@H](O)CN3C(=O)[C@H](C(C)(C)C)NC(=O)CNC(=O)[C@H](C)NC(=O)[C@@H](CN)NC(=O)CNC2=O)cc1. The van der Waals surface area contributed by atoms with Crippen LogP contribution in [0.25, 0.3) is 10.4 Å². The third-order valence-electron chi connectivity index (χ3n) is 8.57. The summed E-state index contributed by atoms with van der Waals surface area (Å²) in [6.45, 7) is 6.65. The quantitative estimate of drug-likeness (QED) is 0.172. The summed E-state index contributed by atoms with van der Waals surface area (Å²) in [5.74, 6) is -5.18. The van der Waals surface area contributed by atoms with Crippen molar-refractivity contribution in [2.45, 2.75) is 77.4 Å². The fourth-order valence-corrected chi connectivity index (χ4v) is 6.54. The zero-order chi connectivity index (χ0) is 37.6. The molecule has 18 heteroatoms. The number of hydrogen-bond donors (Lipinski definition) is 8. The van der Waals surface area contributed by atoms with Gasteiger partial charge in [0.2, 0.25) is 41.4 Å². The molecule has 2 saturated heterocycles. The minimum Gasteiger partial charge on any atom is -0.391 e. The number of hydrogen-bond acceptors (Lipinski definition) is 11. The van der Waals surface area contributed by atoms with Crippen molar-refractivity contribution in [1.29, 1.82) is 0 Å². The lowest BCUT2D eigenvalue weighted by Gasteiger charge is -2.35. The Morgan fingerprint density at radius 3 is 2.10 bits per heavy atom. The summed E-state index contributed by atoms with van der Waals surface area (Å²) < 4.78 is 0. The van der Waals surface area contributed by atoms with Gasteiger partial charge < -0.3 is 47.6 Å². The molecule has 0 radical (unpaired) electrons. The second-order valence-corrected chi connectivity index (χ2v) is 14.5. The normalized spacial score (nSPS) is 26.5. The zero-order valence-electron chi connectivity index (χ0n) is 29.1. The van der Waals surface area contributed by atoms with Gasteiger partial charge in [-0.1, -0.05) is 45.0 Å². The third-order valence-corrected chi connectivity index (χ3v) is 9.55. The van der Waals surface area contributed by atoms with E-state index < -0.39 is 96.2 Å². The summed E-state index contributed by atoms with van der Waals surface area (Å²) in [5.41, 5.74) is 8.55. The highest BCUT2D eigenvalue weighted by Gasteiger charge is 2.45. The van der Waals surface area contributed by atoms with Crippen LogP contribution in [0.2, 0.25) is 0 Å². The molecule has 4 rings (SSSR count). The van der Waals surface area contributed by atoms with Gasteiger partial charge in [-0.3, -0.25) is 33.6 Å². The standard InChI is InChI=1S/C33H45N9O8S/c1-16-26(51-15-37-16)19-8-6-18(7-9-19)25-31(49)36-12-23(44)39-21(11-34)29(47)38-17(2)28(46)35-13-24(45)40-27(33(3,4)5)32(50)42-14-20(43)10-22(42)30(48)41-25/h6-9,15,17,20-22,25,27,43H,10-14,34H2,1-5H3,(H,35,46)(H,36,49)(H,38,47)(H,39,44)(H,40,45)(H,41,48)/t17-,20+,21+,22-,25+,27+/m0/s1. The maximum Gasteiger partial charge on any atom is 0.247 e. The van der Waals surface area contributed by atoms with E-state index in [-0.39, 0.29) is 19.5 Å². The number of fused-ring (bicyclic) bond motifs is 1. The number of thiazole rings is 1. The number of aliphatic hydroxyl groups excluding tert-OH is 1. The van der Waals surface area contributed by atoms with Crippen LogP contribution in [0.4, 0.5) is 0 Å². The average molecular weight is 728 g/mol. The van der Waals surface area contributed by atoms with Crippen LogP contribution >= 0.6 is 11.3 Å². The summed E-state index contributed by atoms with van der Waals surface area (Å²) in [7, 11) is 0. The molecule has 51 heavy (non-hydrogen) atoms. The predicted molar refractivity (Wildman–Crippen MR) is 185 cm³/mol. The summed E-state index contributed by atoms with van der Waals surface area (Å²) in [6.07, 6.45) is -1.21. The van der Waals surface area contributed by atoms with Gasteiger partial charge in [-0.25, -0.2) is 4.98 Å². The van der Waals surface area contributed by atoms with E-state index in [2.05, 4.69) is 36.9 Å². The Morgan fingerprint density at radius 2 is 1.51 bits per heavy atom. The number of aromatic nitrogens is 1. The fourth-order valence-electron chi connectivity index (χ4n) is 5.72. The summed E-state index contributed by atoms with van der Waals surface area (Å²) >= 11 is 1.44. The molecule has 2 fully saturated rings. The Morgan fingerprint density at radius 1 is 0.882 bits per heavy atom. The molecular weight excluding hydrogens is 682 g/mol. The number of aryl methyl sites for hydroxylation is 1. The van der Waals surface area contributed by atoms with Gasteiger partial charge in [-0.05, 0) is 30.4 Å². The number of aliphatic hydroxyl groups is 1. The van der Waals surface area contributed by atoms with E-state index in [1.807, 2.05) is 6.92 Å². The molecule has 0 spiro atoms. The molecule has 2 aliphatic heterocycles. The van der Waals surface area contributed by atoms with Crippen LogP contribution in [0.3, 0.4) is 0 Å². The Bertz CT molecular complexity index is 1660. The van der Waals surface area contributed by atoms with Gasteiger partial charge >= 0.3 is 0 Å². The lowest BCUT2D eigenvalue weighted by molar-refractivity contribution is -0.144. The highest BCUT2D eigenvalue weighted by molar-refractivity contribution is 7.13. The second-order valence-electron chi connectivity index (χ2n) is 13.6. The first kappa shape index (κ1) is 38.9. The van der Waals surface area contributed by atoms with Crippen LogP contribution in [-0.4, -0.2) is 113 Å². The number of nitrogens with zero attached hydrogens (tertiary/aromatic N) is 2. The zero-order valence-corrected chi connectivity index (χ0v) is 29.9. The van der Waals surface area contributed by atoms with Crippen molar-refractivity contribution in [2.24, 2.45) is 11.1 Å². The summed E-state index contributed by atoms with van der Waals surface area (Å²) in [6, 6.07) is 0.654. The Hall–Kier alpha value is -4.94. The molecule has 6 atom stereocenters. The molecule has 7 amide bonds. The van der Waals surface area contributed by atoms with E-state index in [4.69, 9.17) is 5.73 Å². The number of carbonyl (C=O) groups is 7. The number of nitrogens with two attached hydrogens (primary N) is 1. The number of amides is 7. The van der Waals surface area contributed by atoms with E-state index in [1.54, 1.807) is 50.5 Å². The third kappa shape index (κ3) is 9.65. The van der Waals surface area contributed by atoms with Crippen LogP contribution in [-0.2, 0) is 33.6 Å². The molecule has 1 aromatic heterocycles. The Labute approximate surface area is 298 Å². The molecule has 9 N–H and O–H groups in total. The summed E-state index contributed by atoms with van der Waals surface area (Å²) in [4.78, 5) is 99.4. The highest BCUT2D eigenvalue weighted by Crippen LogP contribution is 2.30. The molecule has 0 saturated carbocycles. The van der Waals surface area contributed by atoms with Crippen LogP contribution in [0.15, 0.2) is 29.8 Å². The van der Waals surface area contributed by atoms with Crippen LogP contribution in [0.1, 0.15) is 51.4 Å². The minimum absolute atomic E-state index is 0.141. The van der Waals surface area contributed by atoms with Crippen molar-refractivity contribution in [3.63, 3.8) is 0 Å². The molecular formula is C33H45N9O8S. The van der Waals surface area contributed by atoms with Crippen molar-refractivity contribution in [3.8, 4) is 10.4 Å². The Balaban J connectivity index is 1.69.